The van der Waals surface area contributed by atoms with E-state index in [1.807, 2.05) is 0 Å². The van der Waals surface area contributed by atoms with Gasteiger partial charge in [0.15, 0.2) is 0 Å². The predicted molar refractivity (Wildman–Crippen MR) is 95.9 cm³/mol. The molecule has 0 amide bonds. The summed E-state index contributed by atoms with van der Waals surface area (Å²) in [6.45, 7) is 1.69. The molecule has 26 heavy (non-hydrogen) atoms. The Labute approximate surface area is 151 Å². The fourth-order valence-corrected chi connectivity index (χ4v) is 4.13. The molecule has 0 aliphatic carbocycles. The van der Waals surface area contributed by atoms with Crippen molar-refractivity contribution in [2.45, 2.75) is 23.8 Å². The number of methoxy groups -OCH3 is 1. The monoisotopic (exact) mass is 382 g/mol. The third kappa shape index (κ3) is 4.13. The van der Waals surface area contributed by atoms with Crippen molar-refractivity contribution in [3.05, 3.63) is 54.1 Å². The second-order valence-corrected chi connectivity index (χ2v) is 7.82. The SMILES string of the molecule is COC1CCCN(c2ccc(NS(=O)(=O)c3ccc(F)cc3F)cc2)C1. The first-order valence-electron chi connectivity index (χ1n) is 8.25. The molecule has 1 aliphatic heterocycles. The number of nitrogens with zero attached hydrogens (tertiary/aromatic N) is 1. The number of hydrogen-bond acceptors (Lipinski definition) is 4. The van der Waals surface area contributed by atoms with E-state index < -0.39 is 26.6 Å². The topological polar surface area (TPSA) is 58.6 Å². The van der Waals surface area contributed by atoms with Crippen LogP contribution in [-0.4, -0.2) is 34.7 Å². The molecule has 1 saturated heterocycles. The van der Waals surface area contributed by atoms with Gasteiger partial charge in [0.2, 0.25) is 0 Å². The van der Waals surface area contributed by atoms with Crippen LogP contribution in [0.25, 0.3) is 0 Å². The molecule has 0 spiro atoms. The fourth-order valence-electron chi connectivity index (χ4n) is 3.01. The molecule has 2 aromatic rings. The summed E-state index contributed by atoms with van der Waals surface area (Å²) in [5.74, 6) is -1.96. The van der Waals surface area contributed by atoms with Gasteiger partial charge in [-0.3, -0.25) is 4.72 Å². The Bertz CT molecular complexity index is 873. The van der Waals surface area contributed by atoms with Gasteiger partial charge in [-0.2, -0.15) is 0 Å². The van der Waals surface area contributed by atoms with Gasteiger partial charge in [0.25, 0.3) is 10.0 Å². The molecule has 1 heterocycles. The second kappa shape index (κ2) is 7.59. The molecule has 140 valence electrons. The van der Waals surface area contributed by atoms with E-state index in [-0.39, 0.29) is 6.10 Å². The number of rotatable bonds is 5. The van der Waals surface area contributed by atoms with Crippen molar-refractivity contribution >= 4 is 21.4 Å². The summed E-state index contributed by atoms with van der Waals surface area (Å²) in [5, 5.41) is 0. The minimum absolute atomic E-state index is 0.184. The number of hydrogen-bond donors (Lipinski definition) is 1. The number of benzene rings is 2. The van der Waals surface area contributed by atoms with Crippen LogP contribution in [0.1, 0.15) is 12.8 Å². The molecule has 1 N–H and O–H groups in total. The highest BCUT2D eigenvalue weighted by Gasteiger charge is 2.21. The van der Waals surface area contributed by atoms with Gasteiger partial charge in [-0.1, -0.05) is 0 Å². The van der Waals surface area contributed by atoms with E-state index in [1.165, 1.54) is 0 Å². The lowest BCUT2D eigenvalue weighted by Crippen LogP contribution is -2.39. The Balaban J connectivity index is 1.74. The minimum Gasteiger partial charge on any atom is -0.380 e. The van der Waals surface area contributed by atoms with Gasteiger partial charge in [-0.15, -0.1) is 0 Å². The number of ether oxygens (including phenoxy) is 1. The minimum atomic E-state index is -4.14. The highest BCUT2D eigenvalue weighted by Crippen LogP contribution is 2.25. The Morgan fingerprint density at radius 2 is 1.88 bits per heavy atom. The third-order valence-corrected chi connectivity index (χ3v) is 5.79. The Kier molecular flexibility index (Phi) is 5.43. The second-order valence-electron chi connectivity index (χ2n) is 6.17. The van der Waals surface area contributed by atoms with Gasteiger partial charge >= 0.3 is 0 Å². The van der Waals surface area contributed by atoms with Crippen LogP contribution in [0.4, 0.5) is 20.2 Å². The number of halogens is 2. The number of piperidine rings is 1. The smallest absolute Gasteiger partial charge is 0.264 e. The summed E-state index contributed by atoms with van der Waals surface area (Å²) in [7, 11) is -2.44. The molecule has 0 aromatic heterocycles. The molecule has 1 atom stereocenters. The van der Waals surface area contributed by atoms with Gasteiger partial charge in [-0.25, -0.2) is 17.2 Å². The van der Waals surface area contributed by atoms with Gasteiger partial charge < -0.3 is 9.64 Å². The fraction of sp³-hybridized carbons (Fsp3) is 0.333. The van der Waals surface area contributed by atoms with Crippen LogP contribution in [0.3, 0.4) is 0 Å². The largest absolute Gasteiger partial charge is 0.380 e. The van der Waals surface area contributed by atoms with E-state index in [0.717, 1.165) is 43.8 Å². The zero-order valence-electron chi connectivity index (χ0n) is 14.3. The molecule has 1 unspecified atom stereocenters. The predicted octanol–water partition coefficient (Wildman–Crippen LogP) is 3.38. The average Bonchev–Trinajstić information content (AvgIpc) is 2.61. The highest BCUT2D eigenvalue weighted by atomic mass is 32.2. The Hall–Kier alpha value is -2.19. The summed E-state index contributed by atoms with van der Waals surface area (Å²) in [6, 6.07) is 9.19. The van der Waals surface area contributed by atoms with Crippen LogP contribution in [-0.2, 0) is 14.8 Å². The first kappa shape index (κ1) is 18.6. The van der Waals surface area contributed by atoms with E-state index >= 15 is 0 Å². The quantitative estimate of drug-likeness (QED) is 0.861. The van der Waals surface area contributed by atoms with Crippen molar-refractivity contribution in [1.29, 1.82) is 0 Å². The lowest BCUT2D eigenvalue weighted by Gasteiger charge is -2.33. The number of nitrogens with one attached hydrogen (secondary N) is 1. The van der Waals surface area contributed by atoms with Crippen LogP contribution in [0.15, 0.2) is 47.4 Å². The van der Waals surface area contributed by atoms with Gasteiger partial charge in [0.1, 0.15) is 16.5 Å². The average molecular weight is 382 g/mol. The van der Waals surface area contributed by atoms with Gasteiger partial charge in [0.05, 0.1) is 6.10 Å². The molecule has 1 fully saturated rings. The molecule has 0 bridgehead atoms. The molecular formula is C18H20F2N2O3S. The van der Waals surface area contributed by atoms with E-state index in [2.05, 4.69) is 9.62 Å². The summed E-state index contributed by atoms with van der Waals surface area (Å²) >= 11 is 0. The first-order chi connectivity index (χ1) is 12.4. The van der Waals surface area contributed by atoms with Crippen LogP contribution in [0, 0.1) is 11.6 Å². The van der Waals surface area contributed by atoms with E-state index in [9.17, 15) is 17.2 Å². The normalized spacial score (nSPS) is 18.0. The Morgan fingerprint density at radius 1 is 1.15 bits per heavy atom. The zero-order valence-corrected chi connectivity index (χ0v) is 15.1. The summed E-state index contributed by atoms with van der Waals surface area (Å²) in [6.07, 6.45) is 2.23. The molecule has 8 heteroatoms. The number of anilines is 2. The van der Waals surface area contributed by atoms with E-state index in [4.69, 9.17) is 4.74 Å². The lowest BCUT2D eigenvalue weighted by molar-refractivity contribution is 0.0893. The van der Waals surface area contributed by atoms with Gasteiger partial charge in [0, 0.05) is 37.6 Å². The van der Waals surface area contributed by atoms with Gasteiger partial charge in [-0.05, 0) is 49.2 Å². The molecule has 2 aromatic carbocycles. The summed E-state index contributed by atoms with van der Waals surface area (Å²) in [5.41, 5.74) is 1.26. The maximum absolute atomic E-state index is 13.7. The molecular weight excluding hydrogens is 362 g/mol. The third-order valence-electron chi connectivity index (χ3n) is 4.38. The van der Waals surface area contributed by atoms with Crippen molar-refractivity contribution in [3.8, 4) is 0 Å². The van der Waals surface area contributed by atoms with Crippen LogP contribution in [0.5, 0.6) is 0 Å². The van der Waals surface area contributed by atoms with Crippen molar-refractivity contribution in [2.24, 2.45) is 0 Å². The molecule has 0 radical (unpaired) electrons. The van der Waals surface area contributed by atoms with E-state index in [0.29, 0.717) is 11.8 Å². The molecule has 5 nitrogen and oxygen atoms in total. The molecule has 1 aliphatic rings. The maximum atomic E-state index is 13.7. The molecule has 0 saturated carbocycles. The number of sulfonamides is 1. The molecule has 3 rings (SSSR count). The Morgan fingerprint density at radius 3 is 2.54 bits per heavy atom. The maximum Gasteiger partial charge on any atom is 0.264 e. The lowest BCUT2D eigenvalue weighted by atomic mass is 10.1. The van der Waals surface area contributed by atoms with Crippen molar-refractivity contribution < 1.29 is 21.9 Å². The van der Waals surface area contributed by atoms with Crippen LogP contribution < -0.4 is 9.62 Å². The van der Waals surface area contributed by atoms with Crippen molar-refractivity contribution in [3.63, 3.8) is 0 Å². The van der Waals surface area contributed by atoms with Crippen molar-refractivity contribution in [1.82, 2.24) is 0 Å². The van der Waals surface area contributed by atoms with Crippen LogP contribution in [0.2, 0.25) is 0 Å². The summed E-state index contributed by atoms with van der Waals surface area (Å²) < 4.78 is 59.0. The zero-order chi connectivity index (χ0) is 18.7. The first-order valence-corrected chi connectivity index (χ1v) is 9.73. The summed E-state index contributed by atoms with van der Waals surface area (Å²) in [4.78, 5) is 1.58. The van der Waals surface area contributed by atoms with E-state index in [1.54, 1.807) is 31.4 Å². The van der Waals surface area contributed by atoms with Crippen molar-refractivity contribution in [2.75, 3.05) is 29.8 Å². The standard InChI is InChI=1S/C18H20F2N2O3S/c1-25-16-3-2-10-22(12-16)15-7-5-14(6-8-15)21-26(23,24)18-9-4-13(19)11-17(18)20/h4-9,11,16,21H,2-3,10,12H2,1H3. The van der Waals surface area contributed by atoms with Crippen LogP contribution >= 0.6 is 0 Å². The highest BCUT2D eigenvalue weighted by molar-refractivity contribution is 7.92.